The van der Waals surface area contributed by atoms with Gasteiger partial charge in [0.05, 0.1) is 18.8 Å². The highest BCUT2D eigenvalue weighted by Crippen LogP contribution is 2.26. The molecule has 0 heterocycles. The quantitative estimate of drug-likeness (QED) is 0.245. The number of aliphatic hydroxyl groups is 5. The molecule has 0 radical (unpaired) electrons. The summed E-state index contributed by atoms with van der Waals surface area (Å²) >= 11 is 0. The van der Waals surface area contributed by atoms with Gasteiger partial charge in [-0.05, 0) is 13.0 Å². The van der Waals surface area contributed by atoms with Crippen LogP contribution in [0.25, 0.3) is 0 Å². The number of nitrogens with one attached hydrogen (secondary N) is 1. The Morgan fingerprint density at radius 3 is 1.95 bits per heavy atom. The number of unbranched alkanes of at least 4 members (excludes halogenated alkanes) is 5. The average molecular weight is 304 g/mol. The Morgan fingerprint density at radius 1 is 0.762 bits per heavy atom. The predicted molar refractivity (Wildman–Crippen MR) is 79.5 cm³/mol. The Bertz CT molecular complexity index is 279. The van der Waals surface area contributed by atoms with E-state index < -0.39 is 36.4 Å². The van der Waals surface area contributed by atoms with E-state index in [2.05, 4.69) is 12.2 Å². The summed E-state index contributed by atoms with van der Waals surface area (Å²) in [4.78, 5) is 0. The van der Waals surface area contributed by atoms with E-state index >= 15 is 0 Å². The summed E-state index contributed by atoms with van der Waals surface area (Å²) in [6, 6.07) is -0.622. The summed E-state index contributed by atoms with van der Waals surface area (Å²) in [5.41, 5.74) is 0. The van der Waals surface area contributed by atoms with Gasteiger partial charge in [-0.3, -0.25) is 0 Å². The first-order valence-electron chi connectivity index (χ1n) is 7.90. The van der Waals surface area contributed by atoms with Crippen molar-refractivity contribution in [3.8, 4) is 0 Å². The van der Waals surface area contributed by atoms with Crippen LogP contribution in [-0.4, -0.2) is 69.1 Å². The first-order valence-corrected chi connectivity index (χ1v) is 7.90. The van der Waals surface area contributed by atoms with Crippen molar-refractivity contribution in [2.45, 2.75) is 69.0 Å². The van der Waals surface area contributed by atoms with E-state index in [9.17, 15) is 25.5 Å². The molecule has 0 saturated heterocycles. The minimum absolute atomic E-state index is 0.358. The van der Waals surface area contributed by atoms with Crippen LogP contribution in [0, 0.1) is 12.8 Å². The second-order valence-electron chi connectivity index (χ2n) is 5.91. The Balaban J connectivity index is 2.36. The molecule has 1 rings (SSSR count). The molecule has 6 heteroatoms. The zero-order chi connectivity index (χ0) is 15.8. The van der Waals surface area contributed by atoms with Crippen LogP contribution < -0.4 is 5.32 Å². The third-order valence-electron chi connectivity index (χ3n) is 4.34. The summed E-state index contributed by atoms with van der Waals surface area (Å²) in [6.07, 6.45) is 1.10. The Morgan fingerprint density at radius 2 is 1.33 bits per heavy atom. The Labute approximate surface area is 126 Å². The summed E-state index contributed by atoms with van der Waals surface area (Å²) in [6.45, 7) is 4.07. The largest absolute Gasteiger partial charge is 0.396 e. The van der Waals surface area contributed by atoms with Crippen molar-refractivity contribution in [2.75, 3.05) is 13.2 Å². The standard InChI is InChI=1S/C15H30NO5/c1-2-3-4-5-6-7-8-16-11-10(9-17)12(18)14(20)15(21)13(11)19/h10-21H,1-9H2/q-1/t10-,11+,12+,13-,14-,15+/m0/s1. The molecule has 6 atom stereocenters. The molecular formula is C15H30NO5-. The van der Waals surface area contributed by atoms with Crippen LogP contribution >= 0.6 is 0 Å². The first-order chi connectivity index (χ1) is 10.0. The lowest BCUT2D eigenvalue weighted by Crippen LogP contribution is -2.65. The lowest BCUT2D eigenvalue weighted by atomic mass is 9.77. The van der Waals surface area contributed by atoms with Crippen LogP contribution in [-0.2, 0) is 0 Å². The van der Waals surface area contributed by atoms with Crippen molar-refractivity contribution in [3.05, 3.63) is 6.92 Å². The van der Waals surface area contributed by atoms with Gasteiger partial charge in [0, 0.05) is 12.0 Å². The van der Waals surface area contributed by atoms with Gasteiger partial charge in [0.1, 0.15) is 12.2 Å². The fraction of sp³-hybridized carbons (Fsp3) is 0.933. The van der Waals surface area contributed by atoms with Crippen molar-refractivity contribution < 1.29 is 25.5 Å². The van der Waals surface area contributed by atoms with E-state index in [0.717, 1.165) is 32.1 Å². The normalized spacial score (nSPS) is 36.9. The van der Waals surface area contributed by atoms with Gasteiger partial charge in [-0.1, -0.05) is 25.7 Å². The maximum Gasteiger partial charge on any atom is 0.110 e. The van der Waals surface area contributed by atoms with E-state index in [-0.39, 0.29) is 6.61 Å². The second-order valence-corrected chi connectivity index (χ2v) is 5.91. The average Bonchev–Trinajstić information content (AvgIpc) is 2.49. The molecule has 6 N–H and O–H groups in total. The Kier molecular flexibility index (Phi) is 8.70. The van der Waals surface area contributed by atoms with Gasteiger partial charge in [0.15, 0.2) is 0 Å². The fourth-order valence-electron chi connectivity index (χ4n) is 2.93. The maximum absolute atomic E-state index is 10.00. The third-order valence-corrected chi connectivity index (χ3v) is 4.34. The molecular weight excluding hydrogens is 274 g/mol. The van der Waals surface area contributed by atoms with Gasteiger partial charge in [0.2, 0.25) is 0 Å². The smallest absolute Gasteiger partial charge is 0.110 e. The van der Waals surface area contributed by atoms with Crippen LogP contribution in [0.3, 0.4) is 0 Å². The van der Waals surface area contributed by atoms with E-state index in [1.807, 2.05) is 0 Å². The molecule has 1 saturated carbocycles. The second kappa shape index (κ2) is 9.71. The molecule has 0 spiro atoms. The molecule has 1 aliphatic rings. The van der Waals surface area contributed by atoms with Crippen molar-refractivity contribution in [1.29, 1.82) is 0 Å². The van der Waals surface area contributed by atoms with Crippen molar-refractivity contribution >= 4 is 0 Å². The topological polar surface area (TPSA) is 113 Å². The summed E-state index contributed by atoms with van der Waals surface area (Å²) in [5.74, 6) is -0.690. The van der Waals surface area contributed by atoms with Crippen molar-refractivity contribution in [3.63, 3.8) is 0 Å². The Hall–Kier alpha value is -0.240. The van der Waals surface area contributed by atoms with Gasteiger partial charge in [-0.15, -0.1) is 0 Å². The monoisotopic (exact) mass is 304 g/mol. The SMILES string of the molecule is [CH2-]CCCCCCCN[C@H]1[C@H](O)[C@@H](O)[C@@H](O)[C@H](O)[C@H]1CO. The van der Waals surface area contributed by atoms with E-state index in [1.54, 1.807) is 0 Å². The van der Waals surface area contributed by atoms with Gasteiger partial charge in [-0.2, -0.15) is 6.42 Å². The zero-order valence-electron chi connectivity index (χ0n) is 12.6. The molecule has 0 aromatic rings. The number of rotatable bonds is 9. The molecule has 126 valence electrons. The summed E-state index contributed by atoms with van der Waals surface area (Å²) < 4.78 is 0. The molecule has 1 aliphatic carbocycles. The van der Waals surface area contributed by atoms with E-state index in [4.69, 9.17) is 0 Å². The van der Waals surface area contributed by atoms with Crippen LogP contribution in [0.5, 0.6) is 0 Å². The van der Waals surface area contributed by atoms with Crippen molar-refractivity contribution in [2.24, 2.45) is 5.92 Å². The van der Waals surface area contributed by atoms with Crippen molar-refractivity contribution in [1.82, 2.24) is 5.32 Å². The van der Waals surface area contributed by atoms with E-state index in [1.165, 1.54) is 6.42 Å². The molecule has 0 amide bonds. The molecule has 1 fully saturated rings. The zero-order valence-corrected chi connectivity index (χ0v) is 12.6. The number of hydrogen-bond donors (Lipinski definition) is 6. The highest BCUT2D eigenvalue weighted by molar-refractivity contribution is 5.01. The first kappa shape index (κ1) is 18.8. The minimum atomic E-state index is -1.43. The van der Waals surface area contributed by atoms with Gasteiger partial charge < -0.3 is 37.8 Å². The van der Waals surface area contributed by atoms with Gasteiger partial charge >= 0.3 is 0 Å². The lowest BCUT2D eigenvalue weighted by Gasteiger charge is -2.44. The molecule has 0 bridgehead atoms. The maximum atomic E-state index is 10.00. The van der Waals surface area contributed by atoms with Crippen LogP contribution in [0.4, 0.5) is 0 Å². The fourth-order valence-corrected chi connectivity index (χ4v) is 2.93. The third kappa shape index (κ3) is 5.16. The number of hydrogen-bond acceptors (Lipinski definition) is 6. The van der Waals surface area contributed by atoms with Crippen LogP contribution in [0.15, 0.2) is 0 Å². The van der Waals surface area contributed by atoms with Crippen LogP contribution in [0.2, 0.25) is 0 Å². The molecule has 6 nitrogen and oxygen atoms in total. The predicted octanol–water partition coefficient (Wildman–Crippen LogP) is -0.815. The highest BCUT2D eigenvalue weighted by atomic mass is 16.4. The van der Waals surface area contributed by atoms with Gasteiger partial charge in [-0.25, -0.2) is 0 Å². The highest BCUT2D eigenvalue weighted by Gasteiger charge is 2.48. The van der Waals surface area contributed by atoms with E-state index in [0.29, 0.717) is 6.54 Å². The minimum Gasteiger partial charge on any atom is -0.396 e. The molecule has 0 unspecified atom stereocenters. The molecule has 0 aromatic carbocycles. The lowest BCUT2D eigenvalue weighted by molar-refractivity contribution is -0.176. The van der Waals surface area contributed by atoms with Gasteiger partial charge in [0.25, 0.3) is 0 Å². The summed E-state index contributed by atoms with van der Waals surface area (Å²) in [7, 11) is 0. The number of aliphatic hydroxyl groups excluding tert-OH is 5. The van der Waals surface area contributed by atoms with Crippen LogP contribution in [0.1, 0.15) is 38.5 Å². The summed E-state index contributed by atoms with van der Waals surface area (Å²) in [5, 5.41) is 51.6. The molecule has 0 aromatic heterocycles. The molecule has 21 heavy (non-hydrogen) atoms. The molecule has 0 aliphatic heterocycles.